The molecule has 0 saturated carbocycles. The van der Waals surface area contributed by atoms with E-state index >= 15 is 0 Å². The van der Waals surface area contributed by atoms with Crippen LogP contribution in [0.5, 0.6) is 0 Å². The number of carbonyl (C=O) groups excluding carboxylic acids is 1. The van der Waals surface area contributed by atoms with Crippen molar-refractivity contribution in [1.82, 2.24) is 19.7 Å². The molecule has 0 spiro atoms. The summed E-state index contributed by atoms with van der Waals surface area (Å²) in [6, 6.07) is 4.67. The van der Waals surface area contributed by atoms with Gasteiger partial charge in [0.2, 0.25) is 11.9 Å². The van der Waals surface area contributed by atoms with Gasteiger partial charge in [0.25, 0.3) is 0 Å². The quantitative estimate of drug-likeness (QED) is 0.709. The lowest BCUT2D eigenvalue weighted by Crippen LogP contribution is -2.07. The molecule has 3 aromatic rings. The highest BCUT2D eigenvalue weighted by molar-refractivity contribution is 5.89. The van der Waals surface area contributed by atoms with Crippen molar-refractivity contribution in [3.05, 3.63) is 48.2 Å². The van der Waals surface area contributed by atoms with E-state index in [0.29, 0.717) is 11.6 Å². The second kappa shape index (κ2) is 7.53. The molecule has 0 aliphatic rings. The van der Waals surface area contributed by atoms with E-state index in [1.54, 1.807) is 18.5 Å². The number of nitrogens with zero attached hydrogens (tertiary/aromatic N) is 4. The number of aryl methyl sites for hydroxylation is 1. The molecule has 0 atom stereocenters. The van der Waals surface area contributed by atoms with Gasteiger partial charge in [-0.15, -0.1) is 0 Å². The minimum atomic E-state index is -0.541. The Morgan fingerprint density at radius 3 is 2.67 bits per heavy atom. The van der Waals surface area contributed by atoms with Crippen LogP contribution >= 0.6 is 0 Å². The van der Waals surface area contributed by atoms with Gasteiger partial charge in [-0.25, -0.2) is 14.4 Å². The fourth-order valence-electron chi connectivity index (χ4n) is 2.55. The number of benzene rings is 1. The first-order valence-electron chi connectivity index (χ1n) is 8.56. The first kappa shape index (κ1) is 18.5. The molecule has 2 aromatic heterocycles. The first-order valence-corrected chi connectivity index (χ1v) is 8.56. The van der Waals surface area contributed by atoms with Crippen molar-refractivity contribution >= 4 is 23.2 Å². The summed E-state index contributed by atoms with van der Waals surface area (Å²) in [6.45, 7) is 7.36. The molecule has 3 rings (SSSR count). The fraction of sp³-hybridized carbons (Fsp3) is 0.263. The van der Waals surface area contributed by atoms with Crippen LogP contribution in [0.25, 0.3) is 11.3 Å². The number of halogens is 1. The number of rotatable bonds is 5. The summed E-state index contributed by atoms with van der Waals surface area (Å²) in [6.07, 6.45) is 5.41. The third kappa shape index (κ3) is 4.28. The van der Waals surface area contributed by atoms with Gasteiger partial charge in [-0.3, -0.25) is 9.48 Å². The van der Waals surface area contributed by atoms with Crippen molar-refractivity contribution in [3.8, 4) is 11.3 Å². The van der Waals surface area contributed by atoms with Crippen LogP contribution in [0.3, 0.4) is 0 Å². The molecular weight excluding hydrogens is 347 g/mol. The molecule has 0 aliphatic heterocycles. The number of hydrogen-bond acceptors (Lipinski definition) is 5. The number of amides is 1. The van der Waals surface area contributed by atoms with E-state index in [1.807, 2.05) is 17.8 Å². The molecule has 0 saturated heterocycles. The summed E-state index contributed by atoms with van der Waals surface area (Å²) in [7, 11) is 0. The molecule has 0 bridgehead atoms. The van der Waals surface area contributed by atoms with Crippen molar-refractivity contribution < 1.29 is 9.18 Å². The van der Waals surface area contributed by atoms with Gasteiger partial charge in [-0.2, -0.15) is 5.10 Å². The van der Waals surface area contributed by atoms with Crippen LogP contribution in [0.1, 0.15) is 32.4 Å². The summed E-state index contributed by atoms with van der Waals surface area (Å²) in [5, 5.41) is 9.76. The molecule has 0 unspecified atom stereocenters. The van der Waals surface area contributed by atoms with Crippen LogP contribution < -0.4 is 10.6 Å². The molecule has 27 heavy (non-hydrogen) atoms. The van der Waals surface area contributed by atoms with Crippen molar-refractivity contribution in [2.45, 2.75) is 33.7 Å². The molecule has 7 nitrogen and oxygen atoms in total. The van der Waals surface area contributed by atoms with E-state index in [0.717, 1.165) is 16.8 Å². The van der Waals surface area contributed by atoms with Crippen molar-refractivity contribution in [2.24, 2.45) is 0 Å². The van der Waals surface area contributed by atoms with Crippen LogP contribution in [-0.4, -0.2) is 25.7 Å². The molecule has 1 aromatic carbocycles. The Morgan fingerprint density at radius 2 is 2.04 bits per heavy atom. The maximum atomic E-state index is 14.1. The average Bonchev–Trinajstić information content (AvgIpc) is 3.09. The Labute approximate surface area is 156 Å². The van der Waals surface area contributed by atoms with Crippen LogP contribution in [0.15, 0.2) is 36.8 Å². The van der Waals surface area contributed by atoms with Gasteiger partial charge in [0.1, 0.15) is 5.82 Å². The highest BCUT2D eigenvalue weighted by Crippen LogP contribution is 2.25. The Morgan fingerprint density at radius 1 is 1.26 bits per heavy atom. The summed E-state index contributed by atoms with van der Waals surface area (Å²) in [5.41, 5.74) is 3.17. The van der Waals surface area contributed by atoms with Crippen molar-refractivity contribution in [2.75, 3.05) is 10.6 Å². The second-order valence-corrected chi connectivity index (χ2v) is 6.53. The molecule has 8 heteroatoms. The first-order chi connectivity index (χ1) is 12.8. The number of nitrogens with one attached hydrogen (secondary N) is 2. The van der Waals surface area contributed by atoms with E-state index in [1.165, 1.54) is 19.1 Å². The normalized spacial score (nSPS) is 10.9. The molecule has 1 amide bonds. The van der Waals surface area contributed by atoms with Gasteiger partial charge >= 0.3 is 0 Å². The van der Waals surface area contributed by atoms with Gasteiger partial charge in [0, 0.05) is 36.6 Å². The zero-order valence-corrected chi connectivity index (χ0v) is 15.6. The van der Waals surface area contributed by atoms with E-state index < -0.39 is 5.82 Å². The van der Waals surface area contributed by atoms with Crippen molar-refractivity contribution in [1.29, 1.82) is 0 Å². The minimum Gasteiger partial charge on any atom is -0.324 e. The third-order valence-corrected chi connectivity index (χ3v) is 3.91. The predicted octanol–water partition coefficient (Wildman–Crippen LogP) is 4.07. The largest absolute Gasteiger partial charge is 0.324 e. The summed E-state index contributed by atoms with van der Waals surface area (Å²) < 4.78 is 16.0. The van der Waals surface area contributed by atoms with Gasteiger partial charge < -0.3 is 10.6 Å². The summed E-state index contributed by atoms with van der Waals surface area (Å²) >= 11 is 0. The lowest BCUT2D eigenvalue weighted by Gasteiger charge is -2.10. The molecule has 2 N–H and O–H groups in total. The lowest BCUT2D eigenvalue weighted by atomic mass is 10.1. The van der Waals surface area contributed by atoms with E-state index in [9.17, 15) is 9.18 Å². The Balaban J connectivity index is 1.85. The number of aromatic nitrogens is 4. The Hall–Kier alpha value is -3.29. The topological polar surface area (TPSA) is 84.7 Å². The summed E-state index contributed by atoms with van der Waals surface area (Å²) in [5.74, 6) is -0.525. The predicted molar refractivity (Wildman–Crippen MR) is 102 cm³/mol. The summed E-state index contributed by atoms with van der Waals surface area (Å²) in [4.78, 5) is 19.9. The molecule has 0 fully saturated rings. The fourth-order valence-corrected chi connectivity index (χ4v) is 2.55. The van der Waals surface area contributed by atoms with Gasteiger partial charge in [-0.1, -0.05) is 0 Å². The molecule has 0 aliphatic carbocycles. The van der Waals surface area contributed by atoms with Gasteiger partial charge in [-0.05, 0) is 44.5 Å². The maximum Gasteiger partial charge on any atom is 0.227 e. The van der Waals surface area contributed by atoms with Crippen LogP contribution in [-0.2, 0) is 4.79 Å². The number of hydrogen-bond donors (Lipinski definition) is 2. The van der Waals surface area contributed by atoms with E-state index in [4.69, 9.17) is 0 Å². The highest BCUT2D eigenvalue weighted by Gasteiger charge is 2.11. The Kier molecular flexibility index (Phi) is 5.16. The SMILES string of the molecule is CC(=O)Nc1ccc(Nc2ncc(C)c(-c3cnn(C(C)C)c3)n2)cc1F. The van der Waals surface area contributed by atoms with E-state index in [2.05, 4.69) is 39.5 Å². The number of carbonyl (C=O) groups is 1. The zero-order valence-electron chi connectivity index (χ0n) is 15.6. The maximum absolute atomic E-state index is 14.1. The van der Waals surface area contributed by atoms with Gasteiger partial charge in [0.05, 0.1) is 17.6 Å². The van der Waals surface area contributed by atoms with Crippen LogP contribution in [0.2, 0.25) is 0 Å². The minimum absolute atomic E-state index is 0.125. The van der Waals surface area contributed by atoms with Crippen LogP contribution in [0, 0.1) is 12.7 Å². The lowest BCUT2D eigenvalue weighted by molar-refractivity contribution is -0.114. The van der Waals surface area contributed by atoms with Crippen molar-refractivity contribution in [3.63, 3.8) is 0 Å². The second-order valence-electron chi connectivity index (χ2n) is 6.53. The molecular formula is C19H21FN6O. The standard InChI is InChI=1S/C19H21FN6O/c1-11(2)26-10-14(9-22-26)18-12(3)8-21-19(25-18)24-15-5-6-17(16(20)7-15)23-13(4)27/h5-11H,1-4H3,(H,23,27)(H,21,24,25). The third-order valence-electron chi connectivity index (χ3n) is 3.91. The van der Waals surface area contributed by atoms with Gasteiger partial charge in [0.15, 0.2) is 0 Å². The van der Waals surface area contributed by atoms with E-state index in [-0.39, 0.29) is 17.6 Å². The van der Waals surface area contributed by atoms with Crippen LogP contribution in [0.4, 0.5) is 21.7 Å². The molecule has 2 heterocycles. The number of anilines is 3. The molecule has 140 valence electrons. The smallest absolute Gasteiger partial charge is 0.227 e. The zero-order chi connectivity index (χ0) is 19.6. The monoisotopic (exact) mass is 368 g/mol. The Bertz CT molecular complexity index is 982. The molecule has 0 radical (unpaired) electrons. The highest BCUT2D eigenvalue weighted by atomic mass is 19.1. The average molecular weight is 368 g/mol.